The number of hydrogen-bond donors (Lipinski definition) is 0. The highest BCUT2D eigenvalue weighted by atomic mass is 16.6. The molecule has 6 nitrogen and oxygen atoms in total. The zero-order chi connectivity index (χ0) is 21.7. The summed E-state index contributed by atoms with van der Waals surface area (Å²) >= 11 is 0. The van der Waals surface area contributed by atoms with Gasteiger partial charge in [-0.1, -0.05) is 24.0 Å². The lowest BCUT2D eigenvalue weighted by Gasteiger charge is -2.26. The Morgan fingerprint density at radius 1 is 1.17 bits per heavy atom. The van der Waals surface area contributed by atoms with Crippen molar-refractivity contribution in [2.45, 2.75) is 72.4 Å². The molecule has 0 saturated carbocycles. The van der Waals surface area contributed by atoms with Gasteiger partial charge < -0.3 is 18.9 Å². The fourth-order valence-electron chi connectivity index (χ4n) is 2.49. The largest absolute Gasteiger partial charge is 0.461 e. The Morgan fingerprint density at radius 3 is 2.52 bits per heavy atom. The fraction of sp³-hybridized carbons (Fsp3) is 0.652. The lowest BCUT2D eigenvalue weighted by molar-refractivity contribution is -0.166. The van der Waals surface area contributed by atoms with Crippen LogP contribution in [0.25, 0.3) is 0 Å². The van der Waals surface area contributed by atoms with Gasteiger partial charge in [0.15, 0.2) is 6.10 Å². The molecule has 0 N–H and O–H groups in total. The molecule has 6 heteroatoms. The van der Waals surface area contributed by atoms with Crippen molar-refractivity contribution in [2.75, 3.05) is 13.2 Å². The quantitative estimate of drug-likeness (QED) is 0.398. The lowest BCUT2D eigenvalue weighted by Crippen LogP contribution is -2.34. The van der Waals surface area contributed by atoms with Crippen molar-refractivity contribution < 1.29 is 28.5 Å². The second-order valence-electron chi connectivity index (χ2n) is 9.27. The molecule has 4 atom stereocenters. The zero-order valence-electron chi connectivity index (χ0n) is 18.2. The molecule has 0 bridgehead atoms. The molecule has 0 saturated heterocycles. The predicted octanol–water partition coefficient (Wildman–Crippen LogP) is 3.21. The van der Waals surface area contributed by atoms with E-state index in [4.69, 9.17) is 18.9 Å². The summed E-state index contributed by atoms with van der Waals surface area (Å²) in [5, 5.41) is 0. The molecule has 0 aromatic heterocycles. The zero-order valence-corrected chi connectivity index (χ0v) is 18.2. The van der Waals surface area contributed by atoms with Crippen molar-refractivity contribution in [3.05, 3.63) is 24.3 Å². The average molecular weight is 405 g/mol. The number of carbonyl (C=O) groups excluding carboxylic acids is 2. The molecule has 2 heterocycles. The average Bonchev–Trinajstić information content (AvgIpc) is 2.83. The van der Waals surface area contributed by atoms with Crippen LogP contribution in [0.3, 0.4) is 0 Å². The summed E-state index contributed by atoms with van der Waals surface area (Å²) in [6.45, 7) is 11.1. The summed E-state index contributed by atoms with van der Waals surface area (Å²) in [5.41, 5.74) is -1.31. The number of fused-ring (bicyclic) bond motifs is 1. The molecule has 0 amide bonds. The molecule has 2 rings (SSSR count). The highest BCUT2D eigenvalue weighted by molar-refractivity contribution is 5.76. The van der Waals surface area contributed by atoms with E-state index < -0.39 is 23.0 Å². The molecule has 2 aliphatic heterocycles. The number of hydrogen-bond acceptors (Lipinski definition) is 6. The van der Waals surface area contributed by atoms with E-state index in [9.17, 15) is 9.59 Å². The Balaban J connectivity index is 2.07. The van der Waals surface area contributed by atoms with Crippen LogP contribution in [-0.2, 0) is 28.5 Å². The van der Waals surface area contributed by atoms with E-state index in [1.165, 1.54) is 0 Å². The highest BCUT2D eigenvalue weighted by Crippen LogP contribution is 2.21. The van der Waals surface area contributed by atoms with E-state index in [2.05, 4.69) is 11.8 Å². The first kappa shape index (κ1) is 23.2. The van der Waals surface area contributed by atoms with Crippen LogP contribution in [0.15, 0.2) is 24.3 Å². The summed E-state index contributed by atoms with van der Waals surface area (Å²) in [4.78, 5) is 24.4. The third kappa shape index (κ3) is 7.34. The van der Waals surface area contributed by atoms with Gasteiger partial charge in [-0.15, -0.1) is 0 Å². The van der Waals surface area contributed by atoms with E-state index in [0.29, 0.717) is 13.0 Å². The maximum Gasteiger partial charge on any atom is 0.311 e. The minimum absolute atomic E-state index is 0.0658. The van der Waals surface area contributed by atoms with Gasteiger partial charge in [0.05, 0.1) is 23.5 Å². The Morgan fingerprint density at radius 2 is 1.86 bits per heavy atom. The Labute approximate surface area is 173 Å². The summed E-state index contributed by atoms with van der Waals surface area (Å²) in [5.74, 6) is 5.38. The van der Waals surface area contributed by atoms with Gasteiger partial charge in [0.2, 0.25) is 0 Å². The molecular weight excluding hydrogens is 372 g/mol. The predicted molar refractivity (Wildman–Crippen MR) is 109 cm³/mol. The fourth-order valence-corrected chi connectivity index (χ4v) is 2.49. The van der Waals surface area contributed by atoms with Gasteiger partial charge in [0.25, 0.3) is 0 Å². The topological polar surface area (TPSA) is 71.1 Å². The molecule has 160 valence electrons. The maximum atomic E-state index is 12.3. The van der Waals surface area contributed by atoms with E-state index in [1.54, 1.807) is 53.7 Å². The number of esters is 2. The van der Waals surface area contributed by atoms with Crippen molar-refractivity contribution >= 4 is 11.9 Å². The lowest BCUT2D eigenvalue weighted by atomic mass is 9.97. The summed E-state index contributed by atoms with van der Waals surface area (Å²) in [6.07, 6.45) is 6.46. The van der Waals surface area contributed by atoms with Crippen LogP contribution in [0, 0.1) is 22.7 Å². The van der Waals surface area contributed by atoms with Gasteiger partial charge in [-0.25, -0.2) is 0 Å². The molecule has 0 spiro atoms. The van der Waals surface area contributed by atoms with Crippen LogP contribution in [0.5, 0.6) is 0 Å². The Kier molecular flexibility index (Phi) is 7.67. The molecule has 0 unspecified atom stereocenters. The van der Waals surface area contributed by atoms with Crippen LogP contribution >= 0.6 is 0 Å². The first-order valence-electron chi connectivity index (χ1n) is 9.95. The van der Waals surface area contributed by atoms with Crippen LogP contribution in [0.1, 0.15) is 48.0 Å². The number of carbonyl (C=O) groups is 2. The van der Waals surface area contributed by atoms with Gasteiger partial charge in [-0.05, 0) is 53.7 Å². The second kappa shape index (κ2) is 9.60. The molecule has 29 heavy (non-hydrogen) atoms. The third-order valence-corrected chi connectivity index (χ3v) is 4.31. The smallest absolute Gasteiger partial charge is 0.311 e. The molecule has 0 aromatic carbocycles. The summed E-state index contributed by atoms with van der Waals surface area (Å²) < 4.78 is 22.6. The van der Waals surface area contributed by atoms with E-state index in [-0.39, 0.29) is 30.8 Å². The van der Waals surface area contributed by atoms with Crippen LogP contribution in [0.4, 0.5) is 0 Å². The van der Waals surface area contributed by atoms with Crippen molar-refractivity contribution in [3.63, 3.8) is 0 Å². The minimum atomic E-state index is -0.726. The molecule has 0 radical (unpaired) electrons. The third-order valence-electron chi connectivity index (χ3n) is 4.31. The van der Waals surface area contributed by atoms with E-state index in [1.807, 2.05) is 12.2 Å². The van der Waals surface area contributed by atoms with Crippen molar-refractivity contribution in [1.29, 1.82) is 0 Å². The number of rotatable bonds is 5. The summed E-state index contributed by atoms with van der Waals surface area (Å²) in [6, 6.07) is 0. The standard InChI is InChI=1S/C23H32O6/c1-22(2,3)20(24)27-15-17(29-21(25)23(4,5)6)13-12-16-9-7-10-18-19(28-16)11-8-14-26-18/h8,11-13,16-19H,10,14-15H2,1-6H3/b13-12+/t16-,17+,18+,19-/m0/s1. The van der Waals surface area contributed by atoms with Crippen molar-refractivity contribution in [2.24, 2.45) is 10.8 Å². The normalized spacial score (nSPS) is 25.4. The van der Waals surface area contributed by atoms with E-state index >= 15 is 0 Å². The van der Waals surface area contributed by atoms with Gasteiger partial charge in [-0.3, -0.25) is 9.59 Å². The first-order valence-corrected chi connectivity index (χ1v) is 9.95. The molecule has 0 fully saturated rings. The van der Waals surface area contributed by atoms with Gasteiger partial charge >= 0.3 is 11.9 Å². The van der Waals surface area contributed by atoms with E-state index in [0.717, 1.165) is 0 Å². The van der Waals surface area contributed by atoms with Gasteiger partial charge in [0.1, 0.15) is 18.8 Å². The monoisotopic (exact) mass is 404 g/mol. The van der Waals surface area contributed by atoms with Crippen LogP contribution in [0.2, 0.25) is 0 Å². The maximum absolute atomic E-state index is 12.3. The molecule has 0 aliphatic carbocycles. The molecular formula is C23H32O6. The molecule has 0 aromatic rings. The minimum Gasteiger partial charge on any atom is -0.461 e. The molecule has 2 aliphatic rings. The summed E-state index contributed by atoms with van der Waals surface area (Å²) in [7, 11) is 0. The van der Waals surface area contributed by atoms with Gasteiger partial charge in [0, 0.05) is 6.42 Å². The van der Waals surface area contributed by atoms with Crippen molar-refractivity contribution in [1.82, 2.24) is 0 Å². The Hall–Kier alpha value is -2.10. The SMILES string of the molecule is CC(C)(C)C(=O)OC[C@@H](/C=C/[C@@H]1C#CC[C@H]2OCC=C[C@@H]2O1)OC(=O)C(C)(C)C. The Bertz CT molecular complexity index is 710. The first-order chi connectivity index (χ1) is 13.5. The van der Waals surface area contributed by atoms with Crippen molar-refractivity contribution in [3.8, 4) is 11.8 Å². The second-order valence-corrected chi connectivity index (χ2v) is 9.27. The van der Waals surface area contributed by atoms with Crippen LogP contribution < -0.4 is 0 Å². The number of ether oxygens (including phenoxy) is 4. The van der Waals surface area contributed by atoms with Gasteiger partial charge in [-0.2, -0.15) is 0 Å². The van der Waals surface area contributed by atoms with Crippen LogP contribution in [-0.4, -0.2) is 49.6 Å². The highest BCUT2D eigenvalue weighted by Gasteiger charge is 2.29.